The lowest BCUT2D eigenvalue weighted by Crippen LogP contribution is -2.41. The number of benzene rings is 1. The van der Waals surface area contributed by atoms with Crippen LogP contribution in [0.5, 0.6) is 0 Å². The van der Waals surface area contributed by atoms with E-state index in [0.29, 0.717) is 13.1 Å². The van der Waals surface area contributed by atoms with E-state index in [9.17, 15) is 9.59 Å². The van der Waals surface area contributed by atoms with Gasteiger partial charge in [-0.3, -0.25) is 14.5 Å². The van der Waals surface area contributed by atoms with Gasteiger partial charge in [-0.25, -0.2) is 0 Å². The average Bonchev–Trinajstić information content (AvgIpc) is 3.32. The second-order valence-corrected chi connectivity index (χ2v) is 8.47. The highest BCUT2D eigenvalue weighted by molar-refractivity contribution is 5.96. The summed E-state index contributed by atoms with van der Waals surface area (Å²) < 4.78 is 2.14. The molecule has 2 aliphatic rings. The van der Waals surface area contributed by atoms with E-state index in [1.165, 1.54) is 0 Å². The van der Waals surface area contributed by atoms with E-state index in [-0.39, 0.29) is 11.8 Å². The van der Waals surface area contributed by atoms with Gasteiger partial charge in [0.2, 0.25) is 5.91 Å². The third-order valence-corrected chi connectivity index (χ3v) is 6.37. The largest absolute Gasteiger partial charge is 0.342 e. The zero-order valence-corrected chi connectivity index (χ0v) is 18.1. The lowest BCUT2D eigenvalue weighted by atomic mass is 10.2. The van der Waals surface area contributed by atoms with Gasteiger partial charge in [-0.2, -0.15) is 0 Å². The Kier molecular flexibility index (Phi) is 6.23. The zero-order valence-electron chi connectivity index (χ0n) is 18.1. The predicted molar refractivity (Wildman–Crippen MR) is 118 cm³/mol. The lowest BCUT2D eigenvalue weighted by molar-refractivity contribution is -0.131. The van der Waals surface area contributed by atoms with Crippen LogP contribution in [0.15, 0.2) is 36.4 Å². The Morgan fingerprint density at radius 2 is 1.53 bits per heavy atom. The van der Waals surface area contributed by atoms with E-state index in [2.05, 4.69) is 21.6 Å². The highest BCUT2D eigenvalue weighted by atomic mass is 16.2. The fraction of sp³-hybridized carbons (Fsp3) is 0.500. The molecule has 2 fully saturated rings. The number of aryl methyl sites for hydroxylation is 1. The minimum Gasteiger partial charge on any atom is -0.342 e. The molecule has 0 saturated carbocycles. The molecule has 0 unspecified atom stereocenters. The highest BCUT2D eigenvalue weighted by Crippen LogP contribution is 2.22. The van der Waals surface area contributed by atoms with Crippen molar-refractivity contribution in [2.75, 3.05) is 45.8 Å². The number of amides is 2. The molecule has 4 rings (SSSR count). The Hall–Kier alpha value is -2.60. The first-order valence-corrected chi connectivity index (χ1v) is 11.1. The summed E-state index contributed by atoms with van der Waals surface area (Å²) in [5, 5.41) is 0. The maximum Gasteiger partial charge on any atom is 0.255 e. The van der Waals surface area contributed by atoms with E-state index in [1.54, 1.807) is 0 Å². The van der Waals surface area contributed by atoms with Crippen molar-refractivity contribution in [3.63, 3.8) is 0 Å². The summed E-state index contributed by atoms with van der Waals surface area (Å²) >= 11 is 0. The first kappa shape index (κ1) is 20.7. The van der Waals surface area contributed by atoms with E-state index >= 15 is 0 Å². The summed E-state index contributed by atoms with van der Waals surface area (Å²) in [6.07, 6.45) is 3.14. The standard InChI is InChI=1S/C24H32N4O2/c1-19-17-22(20(2)28(19)21-9-4-3-5-10-21)24(30)27-14-8-11-25(15-16-27)18-23(29)26-12-6-7-13-26/h3-5,9-10,17H,6-8,11-16,18H2,1-2H3. The van der Waals surface area contributed by atoms with Crippen LogP contribution < -0.4 is 0 Å². The first-order valence-electron chi connectivity index (χ1n) is 11.1. The van der Waals surface area contributed by atoms with Crippen LogP contribution in [0.4, 0.5) is 0 Å². The van der Waals surface area contributed by atoms with Crippen molar-refractivity contribution >= 4 is 11.8 Å². The van der Waals surface area contributed by atoms with Gasteiger partial charge in [-0.1, -0.05) is 18.2 Å². The molecular formula is C24H32N4O2. The fourth-order valence-electron chi connectivity index (χ4n) is 4.71. The van der Waals surface area contributed by atoms with Gasteiger partial charge < -0.3 is 14.4 Å². The minimum absolute atomic E-state index is 0.0954. The summed E-state index contributed by atoms with van der Waals surface area (Å²) in [4.78, 5) is 32.0. The molecule has 0 spiro atoms. The Bertz CT molecular complexity index is 899. The minimum atomic E-state index is 0.0954. The summed E-state index contributed by atoms with van der Waals surface area (Å²) in [6, 6.07) is 12.2. The number of para-hydroxylation sites is 1. The van der Waals surface area contributed by atoms with Crippen molar-refractivity contribution in [1.29, 1.82) is 0 Å². The van der Waals surface area contributed by atoms with E-state index in [4.69, 9.17) is 0 Å². The number of hydrogen-bond acceptors (Lipinski definition) is 3. The third-order valence-electron chi connectivity index (χ3n) is 6.37. The average molecular weight is 409 g/mol. The van der Waals surface area contributed by atoms with Crippen molar-refractivity contribution in [2.45, 2.75) is 33.1 Å². The van der Waals surface area contributed by atoms with Gasteiger partial charge in [-0.15, -0.1) is 0 Å². The molecule has 1 aromatic carbocycles. The molecule has 0 bridgehead atoms. The number of aromatic nitrogens is 1. The number of carbonyl (C=O) groups is 2. The van der Waals surface area contributed by atoms with Crippen molar-refractivity contribution in [3.05, 3.63) is 53.3 Å². The SMILES string of the molecule is Cc1cc(C(=O)N2CCCN(CC(=O)N3CCCC3)CC2)c(C)n1-c1ccccc1. The van der Waals surface area contributed by atoms with Crippen LogP contribution in [-0.4, -0.2) is 76.9 Å². The van der Waals surface area contributed by atoms with Crippen LogP contribution in [0.3, 0.4) is 0 Å². The molecule has 160 valence electrons. The molecular weight excluding hydrogens is 376 g/mol. The number of nitrogens with zero attached hydrogens (tertiary/aromatic N) is 4. The molecule has 6 heteroatoms. The van der Waals surface area contributed by atoms with Crippen LogP contribution in [0, 0.1) is 13.8 Å². The molecule has 2 amide bonds. The van der Waals surface area contributed by atoms with Crippen LogP contribution in [0.25, 0.3) is 5.69 Å². The Balaban J connectivity index is 1.42. The van der Waals surface area contributed by atoms with E-state index in [1.807, 2.05) is 47.9 Å². The molecule has 3 heterocycles. The predicted octanol–water partition coefficient (Wildman–Crippen LogP) is 2.86. The molecule has 2 saturated heterocycles. The summed E-state index contributed by atoms with van der Waals surface area (Å²) in [5.74, 6) is 0.330. The van der Waals surface area contributed by atoms with E-state index in [0.717, 1.165) is 74.6 Å². The lowest BCUT2D eigenvalue weighted by Gasteiger charge is -2.24. The molecule has 2 aliphatic heterocycles. The second-order valence-electron chi connectivity index (χ2n) is 8.47. The molecule has 30 heavy (non-hydrogen) atoms. The van der Waals surface area contributed by atoms with Gasteiger partial charge in [0.1, 0.15) is 0 Å². The molecule has 6 nitrogen and oxygen atoms in total. The van der Waals surface area contributed by atoms with Crippen LogP contribution >= 0.6 is 0 Å². The molecule has 1 aromatic heterocycles. The second kappa shape index (κ2) is 9.04. The third kappa shape index (κ3) is 4.29. The maximum atomic E-state index is 13.3. The number of likely N-dealkylation sites (tertiary alicyclic amines) is 1. The number of carbonyl (C=O) groups excluding carboxylic acids is 2. The van der Waals surface area contributed by atoms with Gasteiger partial charge in [0, 0.05) is 56.3 Å². The van der Waals surface area contributed by atoms with Crippen molar-refractivity contribution in [2.24, 2.45) is 0 Å². The summed E-state index contributed by atoms with van der Waals surface area (Å²) in [6.45, 7) is 9.36. The Morgan fingerprint density at radius 3 is 2.27 bits per heavy atom. The zero-order chi connectivity index (χ0) is 21.1. The van der Waals surface area contributed by atoms with Gasteiger partial charge in [0.25, 0.3) is 5.91 Å². The van der Waals surface area contributed by atoms with Crippen LogP contribution in [-0.2, 0) is 4.79 Å². The maximum absolute atomic E-state index is 13.3. The Labute approximate surface area is 179 Å². The van der Waals surface area contributed by atoms with Gasteiger partial charge in [-0.05, 0) is 51.3 Å². The summed E-state index contributed by atoms with van der Waals surface area (Å²) in [7, 11) is 0. The normalized spacial score (nSPS) is 17.9. The number of hydrogen-bond donors (Lipinski definition) is 0. The quantitative estimate of drug-likeness (QED) is 0.782. The molecule has 0 aliphatic carbocycles. The smallest absolute Gasteiger partial charge is 0.255 e. The molecule has 0 atom stereocenters. The van der Waals surface area contributed by atoms with Gasteiger partial charge in [0.15, 0.2) is 0 Å². The van der Waals surface area contributed by atoms with Crippen molar-refractivity contribution in [1.82, 2.24) is 19.3 Å². The van der Waals surface area contributed by atoms with E-state index < -0.39 is 0 Å². The van der Waals surface area contributed by atoms with Gasteiger partial charge in [0.05, 0.1) is 12.1 Å². The van der Waals surface area contributed by atoms with Crippen molar-refractivity contribution < 1.29 is 9.59 Å². The molecule has 0 N–H and O–H groups in total. The fourth-order valence-corrected chi connectivity index (χ4v) is 4.71. The monoisotopic (exact) mass is 408 g/mol. The molecule has 0 radical (unpaired) electrons. The topological polar surface area (TPSA) is 48.8 Å². The van der Waals surface area contributed by atoms with Crippen LogP contribution in [0.2, 0.25) is 0 Å². The van der Waals surface area contributed by atoms with Crippen LogP contribution in [0.1, 0.15) is 41.0 Å². The first-order chi connectivity index (χ1) is 14.5. The van der Waals surface area contributed by atoms with Crippen molar-refractivity contribution in [3.8, 4) is 5.69 Å². The number of rotatable bonds is 4. The molecule has 2 aromatic rings. The Morgan fingerprint density at radius 1 is 0.833 bits per heavy atom. The summed E-state index contributed by atoms with van der Waals surface area (Å²) in [5.41, 5.74) is 3.90. The highest BCUT2D eigenvalue weighted by Gasteiger charge is 2.26. The van der Waals surface area contributed by atoms with Gasteiger partial charge >= 0.3 is 0 Å².